The maximum Gasteiger partial charge on any atom is 0.387 e. The number of rotatable bonds is 7. The zero-order valence-electron chi connectivity index (χ0n) is 16.3. The van der Waals surface area contributed by atoms with Gasteiger partial charge in [0.15, 0.2) is 15.8 Å². The molecule has 0 spiro atoms. The SMILES string of the molecule is COc1ccc(C(=O)NN2C(=O)/C(=C/c3ccc(OC(F)F)cc3)SC2=S)cc1OC. The molecular weight excluding hydrogens is 450 g/mol. The van der Waals surface area contributed by atoms with E-state index in [0.29, 0.717) is 17.1 Å². The van der Waals surface area contributed by atoms with Crippen molar-refractivity contribution in [2.24, 2.45) is 0 Å². The fourth-order valence-corrected chi connectivity index (χ4v) is 3.78. The minimum Gasteiger partial charge on any atom is -0.493 e. The van der Waals surface area contributed by atoms with Gasteiger partial charge in [0, 0.05) is 5.56 Å². The van der Waals surface area contributed by atoms with Crippen LogP contribution in [0, 0.1) is 0 Å². The lowest BCUT2D eigenvalue weighted by atomic mass is 10.2. The van der Waals surface area contributed by atoms with Crippen LogP contribution in [0.2, 0.25) is 0 Å². The Hall–Kier alpha value is -3.18. The van der Waals surface area contributed by atoms with Gasteiger partial charge in [-0.3, -0.25) is 15.0 Å². The maximum atomic E-state index is 12.7. The van der Waals surface area contributed by atoms with Gasteiger partial charge in [-0.2, -0.15) is 13.8 Å². The molecule has 3 rings (SSSR count). The molecule has 7 nitrogen and oxygen atoms in total. The van der Waals surface area contributed by atoms with Crippen molar-refractivity contribution in [3.63, 3.8) is 0 Å². The van der Waals surface area contributed by atoms with Crippen molar-refractivity contribution in [3.8, 4) is 17.2 Å². The molecule has 11 heteroatoms. The predicted octanol–water partition coefficient (Wildman–Crippen LogP) is 3.85. The Balaban J connectivity index is 1.73. The van der Waals surface area contributed by atoms with Gasteiger partial charge in [-0.05, 0) is 54.2 Å². The highest BCUT2D eigenvalue weighted by atomic mass is 32.2. The Morgan fingerprint density at radius 2 is 1.81 bits per heavy atom. The smallest absolute Gasteiger partial charge is 0.387 e. The number of hydrazine groups is 1. The number of alkyl halides is 2. The standard InChI is InChI=1S/C20H16F2N2O5S2/c1-27-14-8-5-12(10-15(14)28-2)17(25)23-24-18(26)16(31-20(24)30)9-11-3-6-13(7-4-11)29-19(21)22/h3-10,19H,1-2H3,(H,23,25)/b16-9-. The number of thiocarbonyl (C=S) groups is 1. The van der Waals surface area contributed by atoms with Gasteiger partial charge in [0.25, 0.3) is 11.8 Å². The van der Waals surface area contributed by atoms with Crippen LogP contribution in [0.25, 0.3) is 6.08 Å². The molecule has 0 bridgehead atoms. The normalized spacial score (nSPS) is 14.9. The number of carbonyl (C=O) groups excluding carboxylic acids is 2. The van der Waals surface area contributed by atoms with Gasteiger partial charge >= 0.3 is 6.61 Å². The van der Waals surface area contributed by atoms with E-state index in [-0.39, 0.29) is 20.5 Å². The Labute approximate surface area is 185 Å². The number of nitrogens with one attached hydrogen (secondary N) is 1. The molecule has 1 saturated heterocycles. The number of methoxy groups -OCH3 is 2. The summed E-state index contributed by atoms with van der Waals surface area (Å²) < 4.78 is 39.2. The summed E-state index contributed by atoms with van der Waals surface area (Å²) >= 11 is 6.20. The molecule has 0 saturated carbocycles. The minimum absolute atomic E-state index is 0.00174. The zero-order chi connectivity index (χ0) is 22.5. The lowest BCUT2D eigenvalue weighted by Crippen LogP contribution is -2.44. The summed E-state index contributed by atoms with van der Waals surface area (Å²) in [5.41, 5.74) is 3.29. The van der Waals surface area contributed by atoms with E-state index in [1.54, 1.807) is 6.07 Å². The van der Waals surface area contributed by atoms with Crippen molar-refractivity contribution in [1.82, 2.24) is 10.4 Å². The van der Waals surface area contributed by atoms with Crippen molar-refractivity contribution < 1.29 is 32.6 Å². The second kappa shape index (κ2) is 9.75. The number of ether oxygens (including phenoxy) is 3. The molecule has 2 amide bonds. The van der Waals surface area contributed by atoms with Crippen LogP contribution in [-0.2, 0) is 4.79 Å². The summed E-state index contributed by atoms with van der Waals surface area (Å²) in [6.45, 7) is -2.92. The maximum absolute atomic E-state index is 12.7. The molecule has 2 aromatic carbocycles. The molecule has 1 aliphatic rings. The van der Waals surface area contributed by atoms with E-state index in [1.165, 1.54) is 56.7 Å². The first-order chi connectivity index (χ1) is 14.8. The van der Waals surface area contributed by atoms with E-state index in [4.69, 9.17) is 21.7 Å². The van der Waals surface area contributed by atoms with Gasteiger partial charge in [0.1, 0.15) is 5.75 Å². The monoisotopic (exact) mass is 466 g/mol. The highest BCUT2D eigenvalue weighted by Gasteiger charge is 2.34. The van der Waals surface area contributed by atoms with Gasteiger partial charge in [-0.1, -0.05) is 23.9 Å². The van der Waals surface area contributed by atoms with Crippen molar-refractivity contribution in [3.05, 3.63) is 58.5 Å². The second-order valence-corrected chi connectivity index (χ2v) is 7.65. The van der Waals surface area contributed by atoms with Gasteiger partial charge < -0.3 is 14.2 Å². The van der Waals surface area contributed by atoms with Crippen LogP contribution in [0.3, 0.4) is 0 Å². The Morgan fingerprint density at radius 3 is 2.42 bits per heavy atom. The van der Waals surface area contributed by atoms with Crippen molar-refractivity contribution >= 4 is 46.2 Å². The van der Waals surface area contributed by atoms with Crippen LogP contribution in [0.4, 0.5) is 8.78 Å². The van der Waals surface area contributed by atoms with Crippen LogP contribution in [0.5, 0.6) is 17.2 Å². The lowest BCUT2D eigenvalue weighted by molar-refractivity contribution is -0.123. The Morgan fingerprint density at radius 1 is 1.13 bits per heavy atom. The average Bonchev–Trinajstić information content (AvgIpc) is 3.01. The highest BCUT2D eigenvalue weighted by Crippen LogP contribution is 2.32. The van der Waals surface area contributed by atoms with Gasteiger partial charge in [-0.25, -0.2) is 0 Å². The molecule has 0 aliphatic carbocycles. The third kappa shape index (κ3) is 5.30. The van der Waals surface area contributed by atoms with E-state index in [0.717, 1.165) is 16.8 Å². The number of carbonyl (C=O) groups is 2. The van der Waals surface area contributed by atoms with E-state index in [9.17, 15) is 18.4 Å². The van der Waals surface area contributed by atoms with E-state index in [2.05, 4.69) is 10.2 Å². The highest BCUT2D eigenvalue weighted by molar-refractivity contribution is 8.26. The zero-order valence-corrected chi connectivity index (χ0v) is 17.9. The molecule has 0 radical (unpaired) electrons. The third-order valence-corrected chi connectivity index (χ3v) is 5.36. The fourth-order valence-electron chi connectivity index (χ4n) is 2.60. The van der Waals surface area contributed by atoms with Gasteiger partial charge in [0.2, 0.25) is 0 Å². The Bertz CT molecular complexity index is 1040. The number of benzene rings is 2. The van der Waals surface area contributed by atoms with E-state index >= 15 is 0 Å². The second-order valence-electron chi connectivity index (χ2n) is 5.98. The van der Waals surface area contributed by atoms with Crippen LogP contribution in [0.15, 0.2) is 47.4 Å². The molecular formula is C20H16F2N2O5S2. The molecule has 1 heterocycles. The van der Waals surface area contributed by atoms with E-state index < -0.39 is 18.4 Å². The molecule has 0 atom stereocenters. The van der Waals surface area contributed by atoms with Gasteiger partial charge in [0.05, 0.1) is 19.1 Å². The summed E-state index contributed by atoms with van der Waals surface area (Å²) in [5.74, 6) is -0.261. The molecule has 1 N–H and O–H groups in total. The molecule has 162 valence electrons. The third-order valence-electron chi connectivity index (χ3n) is 4.06. The summed E-state index contributed by atoms with van der Waals surface area (Å²) in [4.78, 5) is 25.5. The first-order valence-corrected chi connectivity index (χ1v) is 9.90. The number of hydrogen-bond acceptors (Lipinski definition) is 7. The van der Waals surface area contributed by atoms with E-state index in [1.807, 2.05) is 0 Å². The van der Waals surface area contributed by atoms with Crippen LogP contribution < -0.4 is 19.6 Å². The first kappa shape index (κ1) is 22.5. The number of amides is 2. The predicted molar refractivity (Wildman–Crippen MR) is 115 cm³/mol. The molecule has 0 aromatic heterocycles. The summed E-state index contributed by atoms with van der Waals surface area (Å²) in [6.07, 6.45) is 1.54. The Kier molecular flexibility index (Phi) is 7.08. The number of hydrogen-bond donors (Lipinski definition) is 1. The van der Waals surface area contributed by atoms with Crippen LogP contribution in [-0.4, -0.2) is 42.0 Å². The van der Waals surface area contributed by atoms with Crippen LogP contribution in [0.1, 0.15) is 15.9 Å². The van der Waals surface area contributed by atoms with Gasteiger partial charge in [-0.15, -0.1) is 0 Å². The average molecular weight is 466 g/mol. The molecule has 0 unspecified atom stereocenters. The summed E-state index contributed by atoms with van der Waals surface area (Å²) in [6, 6.07) is 10.3. The van der Waals surface area contributed by atoms with Crippen molar-refractivity contribution in [1.29, 1.82) is 0 Å². The van der Waals surface area contributed by atoms with Crippen LogP contribution >= 0.6 is 24.0 Å². The topological polar surface area (TPSA) is 77.1 Å². The summed E-state index contributed by atoms with van der Waals surface area (Å²) in [7, 11) is 2.92. The molecule has 31 heavy (non-hydrogen) atoms. The molecule has 1 fully saturated rings. The number of nitrogens with zero attached hydrogens (tertiary/aromatic N) is 1. The number of thioether (sulfide) groups is 1. The molecule has 1 aliphatic heterocycles. The summed E-state index contributed by atoms with van der Waals surface area (Å²) in [5, 5.41) is 0.971. The van der Waals surface area contributed by atoms with Crippen molar-refractivity contribution in [2.45, 2.75) is 6.61 Å². The first-order valence-electron chi connectivity index (χ1n) is 8.68. The van der Waals surface area contributed by atoms with Crippen molar-refractivity contribution in [2.75, 3.05) is 14.2 Å². The largest absolute Gasteiger partial charge is 0.493 e. The quantitative estimate of drug-likeness (QED) is 0.491. The molecule has 2 aromatic rings. The fraction of sp³-hybridized carbons (Fsp3) is 0.150. The number of halogens is 2. The minimum atomic E-state index is -2.92. The lowest BCUT2D eigenvalue weighted by Gasteiger charge is -2.16.